The predicted molar refractivity (Wildman–Crippen MR) is 144 cm³/mol. The van der Waals surface area contributed by atoms with Gasteiger partial charge in [0.1, 0.15) is 16.6 Å². The quantitative estimate of drug-likeness (QED) is 0.327. The van der Waals surface area contributed by atoms with Crippen LogP contribution < -0.4 is 10.1 Å². The molecule has 0 saturated carbocycles. The molecule has 190 valence electrons. The molecule has 2 amide bonds. The maximum absolute atomic E-state index is 14.1. The van der Waals surface area contributed by atoms with Gasteiger partial charge in [0.25, 0.3) is 0 Å². The number of amides is 2. The minimum Gasteiger partial charge on any atom is -0.495 e. The van der Waals surface area contributed by atoms with Gasteiger partial charge in [0.2, 0.25) is 0 Å². The zero-order valence-electron chi connectivity index (χ0n) is 20.5. The lowest BCUT2D eigenvalue weighted by molar-refractivity contribution is 0.194. The number of nitrogens with one attached hydrogen (secondary N) is 1. The molecule has 37 heavy (non-hydrogen) atoms. The molecule has 4 heterocycles. The minimum atomic E-state index is -0.428. The van der Waals surface area contributed by atoms with Gasteiger partial charge < -0.3 is 24.4 Å². The Labute approximate surface area is 223 Å². The number of hydrogen-bond acceptors (Lipinski definition) is 4. The van der Waals surface area contributed by atoms with Crippen molar-refractivity contribution in [2.75, 3.05) is 26.0 Å². The fourth-order valence-electron chi connectivity index (χ4n) is 5.31. The van der Waals surface area contributed by atoms with Crippen molar-refractivity contribution in [3.63, 3.8) is 0 Å². The summed E-state index contributed by atoms with van der Waals surface area (Å²) in [5.74, 6) is 0.204. The number of methoxy groups -OCH3 is 1. The Hall–Kier alpha value is -3.33. The van der Waals surface area contributed by atoms with Gasteiger partial charge >= 0.3 is 6.03 Å². The van der Waals surface area contributed by atoms with E-state index in [1.165, 1.54) is 28.1 Å². The van der Waals surface area contributed by atoms with Gasteiger partial charge in [-0.3, -0.25) is 0 Å². The van der Waals surface area contributed by atoms with E-state index in [-0.39, 0.29) is 11.8 Å². The second-order valence-electron chi connectivity index (χ2n) is 9.44. The van der Waals surface area contributed by atoms with Crippen LogP contribution in [0.25, 0.3) is 5.00 Å². The third-order valence-corrected chi connectivity index (χ3v) is 8.60. The Balaban J connectivity index is 1.49. The Bertz CT molecular complexity index is 1480. The minimum absolute atomic E-state index is 0.289. The predicted octanol–water partition coefficient (Wildman–Crippen LogP) is 6.46. The molecular formula is C28H26ClFN4O2S. The number of ether oxygens (including phenoxy) is 1. The summed E-state index contributed by atoms with van der Waals surface area (Å²) in [5, 5.41) is 4.67. The highest BCUT2D eigenvalue weighted by molar-refractivity contribution is 7.15. The Morgan fingerprint density at radius 3 is 2.73 bits per heavy atom. The van der Waals surface area contributed by atoms with Crippen molar-refractivity contribution in [2.24, 2.45) is 0 Å². The SMILES string of the molecule is COc1ccc(Cl)cc1NC(=O)N1Cc2c(sc3c2CCN(C)C3)-n2cccc2[C@@H]1c1ccc(F)cc1. The number of urea groups is 1. The molecule has 9 heteroatoms. The molecule has 4 aromatic rings. The van der Waals surface area contributed by atoms with Gasteiger partial charge in [-0.05, 0) is 67.1 Å². The molecule has 6 nitrogen and oxygen atoms in total. The fourth-order valence-corrected chi connectivity index (χ4v) is 6.93. The number of aromatic nitrogens is 1. The Morgan fingerprint density at radius 2 is 1.95 bits per heavy atom. The number of thiophene rings is 1. The molecule has 1 N–H and O–H groups in total. The summed E-state index contributed by atoms with van der Waals surface area (Å²) in [6.45, 7) is 2.29. The molecule has 2 aromatic carbocycles. The van der Waals surface area contributed by atoms with E-state index in [0.29, 0.717) is 23.0 Å². The molecule has 0 unspecified atom stereocenters. The molecule has 1 atom stereocenters. The number of hydrogen-bond donors (Lipinski definition) is 1. The van der Waals surface area contributed by atoms with Crippen LogP contribution in [0.3, 0.4) is 0 Å². The fraction of sp³-hybridized carbons (Fsp3) is 0.250. The summed E-state index contributed by atoms with van der Waals surface area (Å²) in [6, 6.07) is 14.8. The smallest absolute Gasteiger partial charge is 0.323 e. The lowest BCUT2D eigenvalue weighted by Crippen LogP contribution is -2.38. The zero-order chi connectivity index (χ0) is 25.7. The van der Waals surface area contributed by atoms with Crippen LogP contribution in [0, 0.1) is 5.82 Å². The normalized spacial score (nSPS) is 17.0. The van der Waals surface area contributed by atoms with Gasteiger partial charge in [-0.15, -0.1) is 11.3 Å². The van der Waals surface area contributed by atoms with Crippen molar-refractivity contribution in [3.05, 3.63) is 98.9 Å². The maximum Gasteiger partial charge on any atom is 0.323 e. The molecule has 0 spiro atoms. The summed E-state index contributed by atoms with van der Waals surface area (Å²) in [7, 11) is 3.69. The molecular weight excluding hydrogens is 511 g/mol. The lowest BCUT2D eigenvalue weighted by atomic mass is 10.0. The largest absolute Gasteiger partial charge is 0.495 e. The van der Waals surface area contributed by atoms with E-state index >= 15 is 0 Å². The number of nitrogens with zero attached hydrogens (tertiary/aromatic N) is 3. The summed E-state index contributed by atoms with van der Waals surface area (Å²) in [5.41, 5.74) is 4.77. The number of likely N-dealkylation sites (N-methyl/N-ethyl adjacent to an activating group) is 1. The van der Waals surface area contributed by atoms with E-state index in [1.807, 2.05) is 17.0 Å². The second kappa shape index (κ2) is 9.52. The standard InChI is InChI=1S/C28H26ClFN4O2S/c1-32-13-11-20-21-15-34(28(35)31-22-14-18(29)7-10-24(22)36-2)26(17-5-8-19(30)9-6-17)23-4-3-12-33(23)27(21)37-25(20)16-32/h3-10,12,14,26H,11,13,15-16H2,1-2H3,(H,31,35)/t26-/m0/s1. The van der Waals surface area contributed by atoms with Gasteiger partial charge in [0.05, 0.1) is 31.1 Å². The number of benzene rings is 2. The van der Waals surface area contributed by atoms with Crippen molar-refractivity contribution in [1.29, 1.82) is 0 Å². The van der Waals surface area contributed by atoms with Gasteiger partial charge in [-0.1, -0.05) is 23.7 Å². The first kappa shape index (κ1) is 24.0. The first-order valence-electron chi connectivity index (χ1n) is 12.1. The highest BCUT2D eigenvalue weighted by Crippen LogP contribution is 2.43. The first-order chi connectivity index (χ1) is 17.9. The monoisotopic (exact) mass is 536 g/mol. The first-order valence-corrected chi connectivity index (χ1v) is 13.3. The van der Waals surface area contributed by atoms with Crippen molar-refractivity contribution in [1.82, 2.24) is 14.4 Å². The van der Waals surface area contributed by atoms with E-state index in [9.17, 15) is 9.18 Å². The molecule has 0 saturated heterocycles. The molecule has 2 aliphatic rings. The molecule has 0 aliphatic carbocycles. The molecule has 2 aliphatic heterocycles. The van der Waals surface area contributed by atoms with Gasteiger partial charge in [0.15, 0.2) is 0 Å². The number of halogens is 2. The van der Waals surface area contributed by atoms with E-state index in [1.54, 1.807) is 48.8 Å². The molecule has 0 bridgehead atoms. The van der Waals surface area contributed by atoms with Crippen LogP contribution in [0.5, 0.6) is 5.75 Å². The summed E-state index contributed by atoms with van der Waals surface area (Å²) in [4.78, 5) is 19.6. The van der Waals surface area contributed by atoms with Crippen LogP contribution in [0.15, 0.2) is 60.8 Å². The average Bonchev–Trinajstić information content (AvgIpc) is 3.46. The van der Waals surface area contributed by atoms with Crippen LogP contribution in [-0.4, -0.2) is 41.1 Å². The number of anilines is 1. The van der Waals surface area contributed by atoms with Crippen LogP contribution in [0.2, 0.25) is 5.02 Å². The Kier molecular flexibility index (Phi) is 6.18. The van der Waals surface area contributed by atoms with Crippen LogP contribution in [-0.2, 0) is 19.5 Å². The van der Waals surface area contributed by atoms with Gasteiger partial charge in [0, 0.05) is 34.7 Å². The van der Waals surface area contributed by atoms with E-state index in [2.05, 4.69) is 28.0 Å². The van der Waals surface area contributed by atoms with Gasteiger partial charge in [-0.2, -0.15) is 0 Å². The van der Waals surface area contributed by atoms with Crippen LogP contribution >= 0.6 is 22.9 Å². The lowest BCUT2D eigenvalue weighted by Gasteiger charge is -2.32. The van der Waals surface area contributed by atoms with E-state index in [4.69, 9.17) is 16.3 Å². The molecule has 0 radical (unpaired) electrons. The maximum atomic E-state index is 14.1. The number of carbonyl (C=O) groups is 1. The van der Waals surface area contributed by atoms with Crippen molar-refractivity contribution in [2.45, 2.75) is 25.6 Å². The average molecular weight is 537 g/mol. The van der Waals surface area contributed by atoms with Crippen molar-refractivity contribution < 1.29 is 13.9 Å². The Morgan fingerprint density at radius 1 is 1.14 bits per heavy atom. The van der Waals surface area contributed by atoms with Crippen LogP contribution in [0.4, 0.5) is 14.9 Å². The number of carbonyl (C=O) groups excluding carboxylic acids is 1. The summed E-state index contributed by atoms with van der Waals surface area (Å²) in [6.07, 6.45) is 2.99. The third kappa shape index (κ3) is 4.29. The zero-order valence-corrected chi connectivity index (χ0v) is 22.1. The van der Waals surface area contributed by atoms with Gasteiger partial charge in [-0.25, -0.2) is 9.18 Å². The summed E-state index contributed by atoms with van der Waals surface area (Å²) < 4.78 is 21.6. The molecule has 0 fully saturated rings. The van der Waals surface area contributed by atoms with E-state index in [0.717, 1.165) is 35.8 Å². The molecule has 6 rings (SSSR count). The van der Waals surface area contributed by atoms with Crippen LogP contribution in [0.1, 0.15) is 33.3 Å². The third-order valence-electron chi connectivity index (χ3n) is 7.11. The topological polar surface area (TPSA) is 49.7 Å². The highest BCUT2D eigenvalue weighted by Gasteiger charge is 2.36. The highest BCUT2D eigenvalue weighted by atomic mass is 35.5. The number of fused-ring (bicyclic) bond motifs is 5. The van der Waals surface area contributed by atoms with E-state index < -0.39 is 6.04 Å². The second-order valence-corrected chi connectivity index (χ2v) is 11.0. The summed E-state index contributed by atoms with van der Waals surface area (Å²) >= 11 is 8.04. The number of rotatable bonds is 3. The van der Waals surface area contributed by atoms with Crippen molar-refractivity contribution >= 4 is 34.7 Å². The molecule has 2 aromatic heterocycles. The van der Waals surface area contributed by atoms with Crippen molar-refractivity contribution in [3.8, 4) is 10.8 Å².